The van der Waals surface area contributed by atoms with Crippen LogP contribution in [0.2, 0.25) is 0 Å². The molecule has 1 fully saturated rings. The number of non-ortho nitro benzene ring substituents is 1. The molecular formula is C19H19BrN2O5. The van der Waals surface area contributed by atoms with Gasteiger partial charge in [-0.25, -0.2) is 0 Å². The van der Waals surface area contributed by atoms with Gasteiger partial charge in [0.1, 0.15) is 12.4 Å². The van der Waals surface area contributed by atoms with Crippen molar-refractivity contribution in [3.8, 4) is 5.75 Å². The minimum absolute atomic E-state index is 0.0130. The summed E-state index contributed by atoms with van der Waals surface area (Å²) in [6.45, 7) is 2.96. The Balaban J connectivity index is 1.66. The number of nitrogens with zero attached hydrogens (tertiary/aromatic N) is 1. The fourth-order valence-electron chi connectivity index (χ4n) is 2.81. The van der Waals surface area contributed by atoms with Gasteiger partial charge < -0.3 is 14.8 Å². The van der Waals surface area contributed by atoms with Crippen LogP contribution in [0.25, 0.3) is 0 Å². The van der Waals surface area contributed by atoms with E-state index < -0.39 is 4.92 Å². The predicted octanol–water partition coefficient (Wildman–Crippen LogP) is 4.48. The van der Waals surface area contributed by atoms with Crippen molar-refractivity contribution in [2.75, 3.05) is 18.5 Å². The van der Waals surface area contributed by atoms with Gasteiger partial charge in [-0.1, -0.05) is 0 Å². The number of carbonyl (C=O) groups excluding carboxylic acids is 1. The van der Waals surface area contributed by atoms with Crippen molar-refractivity contribution in [3.05, 3.63) is 62.1 Å². The standard InChI is InChI=1S/C19H19BrN2O5/c1-12-9-14(22(24)25)5-6-17(12)21-19(23)13-4-7-18(16(20)10-13)27-11-15-3-2-8-26-15/h4-7,9-10,15H,2-3,8,11H2,1H3,(H,21,23). The molecule has 27 heavy (non-hydrogen) atoms. The summed E-state index contributed by atoms with van der Waals surface area (Å²) in [5.41, 5.74) is 1.58. The minimum Gasteiger partial charge on any atom is -0.490 e. The van der Waals surface area contributed by atoms with Gasteiger partial charge in [-0.15, -0.1) is 0 Å². The Morgan fingerprint density at radius 2 is 2.19 bits per heavy atom. The molecule has 0 saturated carbocycles. The van der Waals surface area contributed by atoms with E-state index in [4.69, 9.17) is 9.47 Å². The van der Waals surface area contributed by atoms with E-state index in [-0.39, 0.29) is 17.7 Å². The van der Waals surface area contributed by atoms with Crippen molar-refractivity contribution in [2.45, 2.75) is 25.9 Å². The molecule has 2 aromatic carbocycles. The first-order valence-corrected chi connectivity index (χ1v) is 9.33. The molecule has 1 aliphatic rings. The number of rotatable bonds is 6. The van der Waals surface area contributed by atoms with Crippen LogP contribution in [0.3, 0.4) is 0 Å². The van der Waals surface area contributed by atoms with Crippen LogP contribution in [0.1, 0.15) is 28.8 Å². The Kier molecular flexibility index (Phi) is 6.08. The number of nitro groups is 1. The van der Waals surface area contributed by atoms with Crippen LogP contribution in [0.15, 0.2) is 40.9 Å². The SMILES string of the molecule is Cc1cc([N+](=O)[O-])ccc1NC(=O)c1ccc(OCC2CCCO2)c(Br)c1. The van der Waals surface area contributed by atoms with Crippen molar-refractivity contribution in [1.29, 1.82) is 0 Å². The molecule has 0 aliphatic carbocycles. The first kappa shape index (κ1) is 19.3. The van der Waals surface area contributed by atoms with Gasteiger partial charge in [0, 0.05) is 30.0 Å². The van der Waals surface area contributed by atoms with Crippen molar-refractivity contribution < 1.29 is 19.2 Å². The third-order valence-corrected chi connectivity index (χ3v) is 4.93. The topological polar surface area (TPSA) is 90.7 Å². The van der Waals surface area contributed by atoms with Crippen molar-refractivity contribution >= 4 is 33.2 Å². The van der Waals surface area contributed by atoms with Crippen molar-refractivity contribution in [3.63, 3.8) is 0 Å². The summed E-state index contributed by atoms with van der Waals surface area (Å²) in [6.07, 6.45) is 2.16. The summed E-state index contributed by atoms with van der Waals surface area (Å²) < 4.78 is 12.0. The minimum atomic E-state index is -0.467. The summed E-state index contributed by atoms with van der Waals surface area (Å²) in [7, 11) is 0. The van der Waals surface area contributed by atoms with Crippen LogP contribution in [-0.2, 0) is 4.74 Å². The molecular weight excluding hydrogens is 416 g/mol. The molecule has 0 bridgehead atoms. The molecule has 1 amide bonds. The fourth-order valence-corrected chi connectivity index (χ4v) is 3.31. The number of hydrogen-bond donors (Lipinski definition) is 1. The van der Waals surface area contributed by atoms with Gasteiger partial charge in [0.15, 0.2) is 0 Å². The van der Waals surface area contributed by atoms with E-state index in [2.05, 4.69) is 21.2 Å². The molecule has 8 heteroatoms. The zero-order valence-corrected chi connectivity index (χ0v) is 16.3. The molecule has 3 rings (SSSR count). The zero-order valence-electron chi connectivity index (χ0n) is 14.7. The van der Waals surface area contributed by atoms with Gasteiger partial charge in [-0.2, -0.15) is 0 Å². The molecule has 1 unspecified atom stereocenters. The lowest BCUT2D eigenvalue weighted by atomic mass is 10.1. The molecule has 0 aromatic heterocycles. The highest BCUT2D eigenvalue weighted by Crippen LogP contribution is 2.28. The molecule has 1 aliphatic heterocycles. The number of anilines is 1. The number of halogens is 1. The van der Waals surface area contributed by atoms with Gasteiger partial charge in [0.2, 0.25) is 0 Å². The lowest BCUT2D eigenvalue weighted by molar-refractivity contribution is -0.384. The number of hydrogen-bond acceptors (Lipinski definition) is 5. The molecule has 1 heterocycles. The van der Waals surface area contributed by atoms with E-state index in [0.29, 0.717) is 33.6 Å². The molecule has 1 N–H and O–H groups in total. The van der Waals surface area contributed by atoms with Crippen LogP contribution in [0, 0.1) is 17.0 Å². The normalized spacial score (nSPS) is 16.1. The quantitative estimate of drug-likeness (QED) is 0.534. The number of amides is 1. The van der Waals surface area contributed by atoms with E-state index in [1.165, 1.54) is 18.2 Å². The van der Waals surface area contributed by atoms with Gasteiger partial charge >= 0.3 is 0 Å². The van der Waals surface area contributed by atoms with Crippen molar-refractivity contribution in [2.24, 2.45) is 0 Å². The van der Waals surface area contributed by atoms with Crippen LogP contribution < -0.4 is 10.1 Å². The maximum Gasteiger partial charge on any atom is 0.269 e. The Morgan fingerprint density at radius 1 is 1.37 bits per heavy atom. The number of nitro benzene ring substituents is 1. The monoisotopic (exact) mass is 434 g/mol. The highest BCUT2D eigenvalue weighted by atomic mass is 79.9. The summed E-state index contributed by atoms with van der Waals surface area (Å²) in [5, 5.41) is 13.6. The average molecular weight is 435 g/mol. The molecule has 142 valence electrons. The highest BCUT2D eigenvalue weighted by Gasteiger charge is 2.17. The third-order valence-electron chi connectivity index (χ3n) is 4.31. The molecule has 0 spiro atoms. The van der Waals surface area contributed by atoms with E-state index in [1.54, 1.807) is 25.1 Å². The van der Waals surface area contributed by atoms with Gasteiger partial charge in [-0.05, 0) is 65.5 Å². The lowest BCUT2D eigenvalue weighted by Gasteiger charge is -2.13. The summed E-state index contributed by atoms with van der Waals surface area (Å²) in [6, 6.07) is 9.40. The summed E-state index contributed by atoms with van der Waals surface area (Å²) in [5.74, 6) is 0.340. The van der Waals surface area contributed by atoms with E-state index >= 15 is 0 Å². The maximum atomic E-state index is 12.5. The van der Waals surface area contributed by atoms with E-state index in [9.17, 15) is 14.9 Å². The second-order valence-corrected chi connectivity index (χ2v) is 7.16. The Bertz CT molecular complexity index is 865. The summed E-state index contributed by atoms with van der Waals surface area (Å²) >= 11 is 3.43. The number of nitrogens with one attached hydrogen (secondary N) is 1. The molecule has 1 saturated heterocycles. The van der Waals surface area contributed by atoms with Crippen LogP contribution in [0.4, 0.5) is 11.4 Å². The van der Waals surface area contributed by atoms with E-state index in [0.717, 1.165) is 19.4 Å². The van der Waals surface area contributed by atoms with Crippen molar-refractivity contribution in [1.82, 2.24) is 0 Å². The second-order valence-electron chi connectivity index (χ2n) is 6.30. The first-order valence-electron chi connectivity index (χ1n) is 8.54. The van der Waals surface area contributed by atoms with Crippen LogP contribution in [0.5, 0.6) is 5.75 Å². The number of aryl methyl sites for hydroxylation is 1. The van der Waals surface area contributed by atoms with Crippen LogP contribution in [-0.4, -0.2) is 30.1 Å². The Hall–Kier alpha value is -2.45. The van der Waals surface area contributed by atoms with Gasteiger partial charge in [-0.3, -0.25) is 14.9 Å². The van der Waals surface area contributed by atoms with Crippen LogP contribution >= 0.6 is 15.9 Å². The highest BCUT2D eigenvalue weighted by molar-refractivity contribution is 9.10. The number of carbonyl (C=O) groups is 1. The molecule has 7 nitrogen and oxygen atoms in total. The zero-order chi connectivity index (χ0) is 19.4. The van der Waals surface area contributed by atoms with Gasteiger partial charge in [0.25, 0.3) is 11.6 Å². The molecule has 1 atom stereocenters. The first-order chi connectivity index (χ1) is 12.9. The molecule has 0 radical (unpaired) electrons. The Morgan fingerprint density at radius 3 is 2.81 bits per heavy atom. The fraction of sp³-hybridized carbons (Fsp3) is 0.316. The van der Waals surface area contributed by atoms with Gasteiger partial charge in [0.05, 0.1) is 15.5 Å². The Labute approximate surface area is 164 Å². The summed E-state index contributed by atoms with van der Waals surface area (Å²) in [4.78, 5) is 22.8. The largest absolute Gasteiger partial charge is 0.490 e. The van der Waals surface area contributed by atoms with E-state index in [1.807, 2.05) is 0 Å². The average Bonchev–Trinajstić information content (AvgIpc) is 3.15. The number of benzene rings is 2. The smallest absolute Gasteiger partial charge is 0.269 e. The second kappa shape index (κ2) is 8.49. The maximum absolute atomic E-state index is 12.5. The lowest BCUT2D eigenvalue weighted by Crippen LogP contribution is -2.17. The predicted molar refractivity (Wildman–Crippen MR) is 104 cm³/mol. The molecule has 2 aromatic rings. The third kappa shape index (κ3) is 4.84. The number of ether oxygens (including phenoxy) is 2.